The maximum atomic E-state index is 12.2. The van der Waals surface area contributed by atoms with E-state index in [-0.39, 0.29) is 17.0 Å². The Hall–Kier alpha value is -2.56. The minimum absolute atomic E-state index is 0.200. The van der Waals surface area contributed by atoms with Crippen LogP contribution in [0.4, 0.5) is 0 Å². The molecule has 1 aliphatic carbocycles. The number of amides is 1. The first-order chi connectivity index (χ1) is 11.2. The van der Waals surface area contributed by atoms with Crippen molar-refractivity contribution >= 4 is 5.91 Å². The Bertz CT molecular complexity index is 780. The fourth-order valence-corrected chi connectivity index (χ4v) is 3.00. The number of rotatable bonds is 5. The van der Waals surface area contributed by atoms with Crippen LogP contribution in [0.5, 0.6) is 5.75 Å². The van der Waals surface area contributed by atoms with Gasteiger partial charge in [-0.15, -0.1) is 0 Å². The summed E-state index contributed by atoms with van der Waals surface area (Å²) in [6.45, 7) is 0.454. The lowest BCUT2D eigenvalue weighted by Gasteiger charge is -2.09. The van der Waals surface area contributed by atoms with Crippen molar-refractivity contribution in [2.75, 3.05) is 13.7 Å². The molecule has 1 aliphatic rings. The van der Waals surface area contributed by atoms with Crippen molar-refractivity contribution in [3.05, 3.63) is 63.1 Å². The Morgan fingerprint density at radius 2 is 2.13 bits per heavy atom. The minimum Gasteiger partial charge on any atom is -0.496 e. The summed E-state index contributed by atoms with van der Waals surface area (Å²) in [7, 11) is 1.63. The van der Waals surface area contributed by atoms with Gasteiger partial charge in [-0.05, 0) is 48.9 Å². The summed E-state index contributed by atoms with van der Waals surface area (Å²) < 4.78 is 5.29. The van der Waals surface area contributed by atoms with Gasteiger partial charge in [-0.2, -0.15) is 0 Å². The van der Waals surface area contributed by atoms with E-state index in [4.69, 9.17) is 4.74 Å². The van der Waals surface area contributed by atoms with Crippen LogP contribution < -0.4 is 15.6 Å². The summed E-state index contributed by atoms with van der Waals surface area (Å²) in [5.41, 5.74) is 2.98. The number of carbonyl (C=O) groups is 1. The number of benzene rings is 1. The Morgan fingerprint density at radius 1 is 1.30 bits per heavy atom. The number of para-hydroxylation sites is 1. The van der Waals surface area contributed by atoms with E-state index in [1.165, 1.54) is 0 Å². The molecule has 0 radical (unpaired) electrons. The lowest BCUT2D eigenvalue weighted by Crippen LogP contribution is -2.31. The molecule has 1 aromatic carbocycles. The number of methoxy groups -OCH3 is 1. The minimum atomic E-state index is -0.323. The van der Waals surface area contributed by atoms with E-state index in [1.54, 1.807) is 13.2 Å². The molecule has 0 aliphatic heterocycles. The molecule has 1 aromatic heterocycles. The predicted octanol–water partition coefficient (Wildman–Crippen LogP) is 1.84. The molecule has 0 saturated heterocycles. The second-order valence-corrected chi connectivity index (χ2v) is 5.69. The van der Waals surface area contributed by atoms with Gasteiger partial charge in [0.05, 0.1) is 7.11 Å². The van der Waals surface area contributed by atoms with Crippen LogP contribution in [0, 0.1) is 0 Å². The number of carbonyl (C=O) groups excluding carboxylic acids is 1. The van der Waals surface area contributed by atoms with E-state index in [9.17, 15) is 9.59 Å². The number of H-pyrrole nitrogens is 1. The van der Waals surface area contributed by atoms with Crippen LogP contribution in [0.1, 0.15) is 33.6 Å². The Balaban J connectivity index is 1.65. The molecule has 0 fully saturated rings. The molecule has 5 heteroatoms. The first-order valence-electron chi connectivity index (χ1n) is 7.84. The van der Waals surface area contributed by atoms with Crippen LogP contribution in [0.3, 0.4) is 0 Å². The van der Waals surface area contributed by atoms with Gasteiger partial charge >= 0.3 is 0 Å². The number of ether oxygens (including phenoxy) is 1. The smallest absolute Gasteiger partial charge is 0.261 e. The summed E-state index contributed by atoms with van der Waals surface area (Å²) in [4.78, 5) is 27.1. The van der Waals surface area contributed by atoms with Crippen molar-refractivity contribution in [1.29, 1.82) is 0 Å². The van der Waals surface area contributed by atoms with E-state index in [0.717, 1.165) is 41.8 Å². The third-order valence-electron chi connectivity index (χ3n) is 4.21. The molecule has 23 heavy (non-hydrogen) atoms. The van der Waals surface area contributed by atoms with Crippen LogP contribution in [0.25, 0.3) is 0 Å². The van der Waals surface area contributed by atoms with Gasteiger partial charge in [0.2, 0.25) is 0 Å². The maximum absolute atomic E-state index is 12.2. The van der Waals surface area contributed by atoms with Gasteiger partial charge in [0.25, 0.3) is 11.5 Å². The van der Waals surface area contributed by atoms with Gasteiger partial charge < -0.3 is 15.0 Å². The number of aryl methyl sites for hydroxylation is 2. The van der Waals surface area contributed by atoms with Gasteiger partial charge in [0, 0.05) is 12.2 Å². The van der Waals surface area contributed by atoms with E-state index >= 15 is 0 Å². The SMILES string of the molecule is COc1ccccc1CCNC(=O)c1cc2c([nH]c1=O)CCC2. The second-order valence-electron chi connectivity index (χ2n) is 5.69. The number of fused-ring (bicyclic) bond motifs is 1. The summed E-state index contributed by atoms with van der Waals surface area (Å²) in [5.74, 6) is 0.480. The standard InChI is InChI=1S/C18H20N2O3/c1-23-16-8-3-2-5-12(16)9-10-19-17(21)14-11-13-6-4-7-15(13)20-18(14)22/h2-3,5,8,11H,4,6-7,9-10H2,1H3,(H,19,21)(H,20,22). The number of aromatic nitrogens is 1. The molecule has 3 rings (SSSR count). The summed E-state index contributed by atoms with van der Waals surface area (Å²) in [6, 6.07) is 9.44. The first-order valence-corrected chi connectivity index (χ1v) is 7.84. The molecular formula is C18H20N2O3. The fourth-order valence-electron chi connectivity index (χ4n) is 3.00. The molecule has 0 spiro atoms. The zero-order valence-electron chi connectivity index (χ0n) is 13.1. The van der Waals surface area contributed by atoms with Crippen LogP contribution in [-0.2, 0) is 19.3 Å². The highest BCUT2D eigenvalue weighted by Crippen LogP contribution is 2.19. The third kappa shape index (κ3) is 3.28. The van der Waals surface area contributed by atoms with E-state index < -0.39 is 0 Å². The average molecular weight is 312 g/mol. The van der Waals surface area contributed by atoms with Gasteiger partial charge in [-0.1, -0.05) is 18.2 Å². The maximum Gasteiger partial charge on any atom is 0.261 e. The Kier molecular flexibility index (Phi) is 4.46. The topological polar surface area (TPSA) is 71.2 Å². The van der Waals surface area contributed by atoms with Crippen molar-refractivity contribution in [1.82, 2.24) is 10.3 Å². The van der Waals surface area contributed by atoms with Crippen LogP contribution in [-0.4, -0.2) is 24.5 Å². The van der Waals surface area contributed by atoms with Gasteiger partial charge in [0.15, 0.2) is 0 Å². The van der Waals surface area contributed by atoms with Crippen LogP contribution in [0.15, 0.2) is 35.1 Å². The zero-order valence-corrected chi connectivity index (χ0v) is 13.1. The van der Waals surface area contributed by atoms with Crippen LogP contribution in [0.2, 0.25) is 0 Å². The number of hydrogen-bond acceptors (Lipinski definition) is 3. The van der Waals surface area contributed by atoms with Crippen molar-refractivity contribution in [3.8, 4) is 5.75 Å². The van der Waals surface area contributed by atoms with E-state index in [1.807, 2.05) is 24.3 Å². The number of pyridine rings is 1. The fraction of sp³-hybridized carbons (Fsp3) is 0.333. The average Bonchev–Trinajstić information content (AvgIpc) is 3.01. The molecule has 0 bridgehead atoms. The Labute approximate surface area is 134 Å². The van der Waals surface area contributed by atoms with Gasteiger partial charge in [0.1, 0.15) is 11.3 Å². The second kappa shape index (κ2) is 6.69. The van der Waals surface area contributed by atoms with Gasteiger partial charge in [-0.25, -0.2) is 0 Å². The molecule has 5 nitrogen and oxygen atoms in total. The summed E-state index contributed by atoms with van der Waals surface area (Å²) >= 11 is 0. The molecule has 120 valence electrons. The predicted molar refractivity (Wildman–Crippen MR) is 88.1 cm³/mol. The van der Waals surface area contributed by atoms with Crippen molar-refractivity contribution in [3.63, 3.8) is 0 Å². The summed E-state index contributed by atoms with van der Waals surface area (Å²) in [6.07, 6.45) is 3.50. The zero-order chi connectivity index (χ0) is 16.2. The molecule has 2 aromatic rings. The highest BCUT2D eigenvalue weighted by atomic mass is 16.5. The number of nitrogens with one attached hydrogen (secondary N) is 2. The van der Waals surface area contributed by atoms with Crippen molar-refractivity contribution in [2.45, 2.75) is 25.7 Å². The van der Waals surface area contributed by atoms with Crippen molar-refractivity contribution in [2.24, 2.45) is 0 Å². The highest BCUT2D eigenvalue weighted by Gasteiger charge is 2.17. The monoisotopic (exact) mass is 312 g/mol. The quantitative estimate of drug-likeness (QED) is 0.885. The van der Waals surface area contributed by atoms with E-state index in [2.05, 4.69) is 10.3 Å². The van der Waals surface area contributed by atoms with Crippen LogP contribution >= 0.6 is 0 Å². The number of hydrogen-bond donors (Lipinski definition) is 2. The van der Waals surface area contributed by atoms with E-state index in [0.29, 0.717) is 13.0 Å². The first kappa shape index (κ1) is 15.3. The molecular weight excluding hydrogens is 292 g/mol. The molecule has 0 atom stereocenters. The molecule has 0 unspecified atom stereocenters. The largest absolute Gasteiger partial charge is 0.496 e. The highest BCUT2D eigenvalue weighted by molar-refractivity contribution is 5.94. The lowest BCUT2D eigenvalue weighted by molar-refractivity contribution is 0.0952. The normalized spacial score (nSPS) is 12.7. The third-order valence-corrected chi connectivity index (χ3v) is 4.21. The summed E-state index contributed by atoms with van der Waals surface area (Å²) in [5, 5.41) is 2.82. The number of aromatic amines is 1. The van der Waals surface area contributed by atoms with Gasteiger partial charge in [-0.3, -0.25) is 9.59 Å². The lowest BCUT2D eigenvalue weighted by atomic mass is 10.1. The molecule has 1 heterocycles. The van der Waals surface area contributed by atoms with Crippen molar-refractivity contribution < 1.29 is 9.53 Å². The Morgan fingerprint density at radius 3 is 2.96 bits per heavy atom. The molecule has 0 saturated carbocycles. The molecule has 1 amide bonds. The molecule has 2 N–H and O–H groups in total.